The van der Waals surface area contributed by atoms with Crippen molar-refractivity contribution in [3.63, 3.8) is 0 Å². The van der Waals surface area contributed by atoms with Gasteiger partial charge in [0, 0.05) is 24.3 Å². The summed E-state index contributed by atoms with van der Waals surface area (Å²) in [5, 5.41) is 2.76. The summed E-state index contributed by atoms with van der Waals surface area (Å²) >= 11 is 0. The Morgan fingerprint density at radius 3 is 2.64 bits per heavy atom. The number of anilines is 2. The van der Waals surface area contributed by atoms with Crippen LogP contribution in [0.25, 0.3) is 0 Å². The molecule has 0 radical (unpaired) electrons. The molecule has 0 spiro atoms. The zero-order valence-electron chi connectivity index (χ0n) is 14.4. The molecule has 1 aliphatic heterocycles. The Kier molecular flexibility index (Phi) is 4.83. The van der Waals surface area contributed by atoms with E-state index in [0.29, 0.717) is 12.2 Å². The molecule has 1 unspecified atom stereocenters. The largest absolute Gasteiger partial charge is 0.326 e. The van der Waals surface area contributed by atoms with Crippen molar-refractivity contribution in [3.05, 3.63) is 59.4 Å². The number of hydrogen-bond donors (Lipinski definition) is 1. The molecule has 130 valence electrons. The van der Waals surface area contributed by atoms with Crippen molar-refractivity contribution >= 4 is 23.2 Å². The maximum atomic E-state index is 13.0. The van der Waals surface area contributed by atoms with E-state index in [2.05, 4.69) is 12.2 Å². The molecule has 2 aromatic rings. The fourth-order valence-corrected chi connectivity index (χ4v) is 3.27. The lowest BCUT2D eigenvalue weighted by Crippen LogP contribution is -2.29. The van der Waals surface area contributed by atoms with Crippen molar-refractivity contribution in [3.8, 4) is 0 Å². The standard InChI is InChI=1S/C20H21FN2O2/c1-3-14-6-4-5-13(2)19(14)23-12-15(11-18(23)24)20(25)22-17-9-7-16(21)8-10-17/h4-10,15H,3,11-12H2,1-2H3,(H,22,25). The molecule has 0 aliphatic carbocycles. The first-order valence-corrected chi connectivity index (χ1v) is 8.45. The quantitative estimate of drug-likeness (QED) is 0.923. The first-order chi connectivity index (χ1) is 12.0. The number of amides is 2. The zero-order chi connectivity index (χ0) is 18.0. The smallest absolute Gasteiger partial charge is 0.229 e. The van der Waals surface area contributed by atoms with Crippen LogP contribution in [0.3, 0.4) is 0 Å². The molecule has 5 heteroatoms. The van der Waals surface area contributed by atoms with E-state index in [-0.39, 0.29) is 24.1 Å². The molecule has 3 rings (SSSR count). The molecule has 1 N–H and O–H groups in total. The predicted molar refractivity (Wildman–Crippen MR) is 96.0 cm³/mol. The van der Waals surface area contributed by atoms with Gasteiger partial charge < -0.3 is 10.2 Å². The van der Waals surface area contributed by atoms with Crippen LogP contribution in [0, 0.1) is 18.7 Å². The Hall–Kier alpha value is -2.69. The van der Waals surface area contributed by atoms with Crippen LogP contribution in [0.2, 0.25) is 0 Å². The summed E-state index contributed by atoms with van der Waals surface area (Å²) in [6.07, 6.45) is 1.01. The van der Waals surface area contributed by atoms with Crippen LogP contribution < -0.4 is 10.2 Å². The average Bonchev–Trinajstić information content (AvgIpc) is 2.98. The molecule has 4 nitrogen and oxygen atoms in total. The summed E-state index contributed by atoms with van der Waals surface area (Å²) in [7, 11) is 0. The van der Waals surface area contributed by atoms with Gasteiger partial charge in [-0.05, 0) is 48.7 Å². The van der Waals surface area contributed by atoms with E-state index in [1.165, 1.54) is 24.3 Å². The number of nitrogens with one attached hydrogen (secondary N) is 1. The van der Waals surface area contributed by atoms with E-state index in [1.807, 2.05) is 25.1 Å². The third-order valence-electron chi connectivity index (χ3n) is 4.58. The van der Waals surface area contributed by atoms with Crippen molar-refractivity contribution in [2.45, 2.75) is 26.7 Å². The van der Waals surface area contributed by atoms with E-state index < -0.39 is 5.92 Å². The lowest BCUT2D eigenvalue weighted by atomic mass is 10.0. The summed E-state index contributed by atoms with van der Waals surface area (Å²) in [5.74, 6) is -1.02. The molecule has 25 heavy (non-hydrogen) atoms. The van der Waals surface area contributed by atoms with E-state index in [0.717, 1.165) is 23.2 Å². The number of carbonyl (C=O) groups is 2. The van der Waals surface area contributed by atoms with Gasteiger partial charge in [-0.3, -0.25) is 9.59 Å². The number of para-hydroxylation sites is 1. The monoisotopic (exact) mass is 340 g/mol. The van der Waals surface area contributed by atoms with Crippen molar-refractivity contribution < 1.29 is 14.0 Å². The van der Waals surface area contributed by atoms with Crippen LogP contribution in [0.4, 0.5) is 15.8 Å². The highest BCUT2D eigenvalue weighted by molar-refractivity contribution is 6.04. The summed E-state index contributed by atoms with van der Waals surface area (Å²) in [6.45, 7) is 4.40. The number of aryl methyl sites for hydroxylation is 2. The highest BCUT2D eigenvalue weighted by atomic mass is 19.1. The maximum absolute atomic E-state index is 13.0. The first kappa shape index (κ1) is 17.1. The number of halogens is 1. The summed E-state index contributed by atoms with van der Waals surface area (Å²) < 4.78 is 13.0. The van der Waals surface area contributed by atoms with E-state index in [9.17, 15) is 14.0 Å². The topological polar surface area (TPSA) is 49.4 Å². The second-order valence-electron chi connectivity index (χ2n) is 6.34. The van der Waals surface area contributed by atoms with Gasteiger partial charge >= 0.3 is 0 Å². The predicted octanol–water partition coefficient (Wildman–Crippen LogP) is 3.69. The van der Waals surface area contributed by atoms with Crippen LogP contribution >= 0.6 is 0 Å². The molecule has 2 aromatic carbocycles. The number of benzene rings is 2. The van der Waals surface area contributed by atoms with Crippen molar-refractivity contribution in [2.75, 3.05) is 16.8 Å². The summed E-state index contributed by atoms with van der Waals surface area (Å²) in [5.41, 5.74) is 3.59. The Morgan fingerprint density at radius 1 is 1.24 bits per heavy atom. The molecule has 1 fully saturated rings. The number of rotatable bonds is 4. The van der Waals surface area contributed by atoms with Crippen LogP contribution in [-0.4, -0.2) is 18.4 Å². The van der Waals surface area contributed by atoms with Crippen molar-refractivity contribution in [2.24, 2.45) is 5.92 Å². The molecular weight excluding hydrogens is 319 g/mol. The van der Waals surface area contributed by atoms with Gasteiger partial charge in [-0.25, -0.2) is 4.39 Å². The minimum atomic E-state index is -0.415. The Bertz CT molecular complexity index is 802. The number of carbonyl (C=O) groups excluding carboxylic acids is 2. The highest BCUT2D eigenvalue weighted by Gasteiger charge is 2.36. The van der Waals surface area contributed by atoms with Gasteiger partial charge in [0.25, 0.3) is 0 Å². The second-order valence-corrected chi connectivity index (χ2v) is 6.34. The third-order valence-corrected chi connectivity index (χ3v) is 4.58. The highest BCUT2D eigenvalue weighted by Crippen LogP contribution is 2.32. The van der Waals surface area contributed by atoms with Gasteiger partial charge in [0.15, 0.2) is 0 Å². The minimum Gasteiger partial charge on any atom is -0.326 e. The number of hydrogen-bond acceptors (Lipinski definition) is 2. The van der Waals surface area contributed by atoms with Gasteiger partial charge in [0.1, 0.15) is 5.82 Å². The molecule has 1 atom stereocenters. The average molecular weight is 340 g/mol. The van der Waals surface area contributed by atoms with Crippen LogP contribution in [0.15, 0.2) is 42.5 Å². The molecule has 2 amide bonds. The fraction of sp³-hybridized carbons (Fsp3) is 0.300. The lowest BCUT2D eigenvalue weighted by molar-refractivity contribution is -0.122. The SMILES string of the molecule is CCc1cccc(C)c1N1CC(C(=O)Nc2ccc(F)cc2)CC1=O. The number of nitrogens with zero attached hydrogens (tertiary/aromatic N) is 1. The molecule has 1 saturated heterocycles. The summed E-state index contributed by atoms with van der Waals surface area (Å²) in [4.78, 5) is 26.7. The van der Waals surface area contributed by atoms with E-state index in [1.54, 1.807) is 4.90 Å². The molecule has 1 aliphatic rings. The first-order valence-electron chi connectivity index (χ1n) is 8.45. The van der Waals surface area contributed by atoms with E-state index in [4.69, 9.17) is 0 Å². The maximum Gasteiger partial charge on any atom is 0.229 e. The third kappa shape index (κ3) is 3.55. The molecule has 0 bridgehead atoms. The van der Waals surface area contributed by atoms with Crippen LogP contribution in [0.5, 0.6) is 0 Å². The van der Waals surface area contributed by atoms with Gasteiger partial charge in [0.05, 0.1) is 5.92 Å². The van der Waals surface area contributed by atoms with Crippen LogP contribution in [0.1, 0.15) is 24.5 Å². The molecular formula is C20H21FN2O2. The van der Waals surface area contributed by atoms with Crippen molar-refractivity contribution in [1.29, 1.82) is 0 Å². The van der Waals surface area contributed by atoms with E-state index >= 15 is 0 Å². The van der Waals surface area contributed by atoms with Crippen molar-refractivity contribution in [1.82, 2.24) is 0 Å². The van der Waals surface area contributed by atoms with Gasteiger partial charge in [0.2, 0.25) is 11.8 Å². The normalized spacial score (nSPS) is 17.0. The second kappa shape index (κ2) is 7.05. The van der Waals surface area contributed by atoms with Gasteiger partial charge in [-0.1, -0.05) is 25.1 Å². The molecule has 1 heterocycles. The van der Waals surface area contributed by atoms with Crippen LogP contribution in [-0.2, 0) is 16.0 Å². The van der Waals surface area contributed by atoms with Gasteiger partial charge in [-0.2, -0.15) is 0 Å². The van der Waals surface area contributed by atoms with Gasteiger partial charge in [-0.15, -0.1) is 0 Å². The Balaban J connectivity index is 1.76. The zero-order valence-corrected chi connectivity index (χ0v) is 14.4. The Labute approximate surface area is 146 Å². The minimum absolute atomic E-state index is 0.0387. The molecule has 0 aromatic heterocycles. The Morgan fingerprint density at radius 2 is 1.96 bits per heavy atom. The lowest BCUT2D eigenvalue weighted by Gasteiger charge is -2.22. The fourth-order valence-electron chi connectivity index (χ4n) is 3.27. The molecule has 0 saturated carbocycles. The summed E-state index contributed by atoms with van der Waals surface area (Å²) in [6, 6.07) is 11.6.